The fourth-order valence-corrected chi connectivity index (χ4v) is 3.23. The van der Waals surface area contributed by atoms with Crippen molar-refractivity contribution >= 4 is 11.8 Å². The van der Waals surface area contributed by atoms with E-state index in [0.717, 1.165) is 23.4 Å². The van der Waals surface area contributed by atoms with E-state index in [0.29, 0.717) is 16.5 Å². The number of rotatable bonds is 4. The van der Waals surface area contributed by atoms with E-state index in [-0.39, 0.29) is 0 Å². The molecule has 0 atom stereocenters. The van der Waals surface area contributed by atoms with Gasteiger partial charge in [-0.05, 0) is 24.6 Å². The van der Waals surface area contributed by atoms with Crippen LogP contribution in [0.1, 0.15) is 16.7 Å². The van der Waals surface area contributed by atoms with Gasteiger partial charge in [0, 0.05) is 18.4 Å². The van der Waals surface area contributed by atoms with Gasteiger partial charge in [-0.1, -0.05) is 53.7 Å². The van der Waals surface area contributed by atoms with Crippen LogP contribution in [0.4, 0.5) is 13.2 Å². The molecule has 0 spiro atoms. The van der Waals surface area contributed by atoms with Gasteiger partial charge in [-0.2, -0.15) is 13.2 Å². The molecular formula is C18H16F3N3S. The molecule has 25 heavy (non-hydrogen) atoms. The highest BCUT2D eigenvalue weighted by molar-refractivity contribution is 7.98. The van der Waals surface area contributed by atoms with E-state index in [1.807, 2.05) is 31.2 Å². The van der Waals surface area contributed by atoms with Crippen molar-refractivity contribution in [1.82, 2.24) is 14.8 Å². The molecule has 0 bridgehead atoms. The van der Waals surface area contributed by atoms with Crippen molar-refractivity contribution in [3.05, 3.63) is 65.2 Å². The SMILES string of the molecule is Cc1ccc(CSc2nnc(-c3cccc(C(F)(F)F)c3)n2C)cc1. The molecule has 1 aromatic heterocycles. The molecular weight excluding hydrogens is 347 g/mol. The lowest BCUT2D eigenvalue weighted by atomic mass is 10.1. The van der Waals surface area contributed by atoms with Crippen LogP contribution in [0.15, 0.2) is 53.7 Å². The Morgan fingerprint density at radius 1 is 1.04 bits per heavy atom. The molecule has 3 nitrogen and oxygen atoms in total. The van der Waals surface area contributed by atoms with Crippen LogP contribution >= 0.6 is 11.8 Å². The van der Waals surface area contributed by atoms with E-state index in [2.05, 4.69) is 10.2 Å². The summed E-state index contributed by atoms with van der Waals surface area (Å²) in [5, 5.41) is 8.83. The lowest BCUT2D eigenvalue weighted by molar-refractivity contribution is -0.137. The van der Waals surface area contributed by atoms with Gasteiger partial charge in [-0.3, -0.25) is 0 Å². The molecule has 1 heterocycles. The lowest BCUT2D eigenvalue weighted by Crippen LogP contribution is -2.05. The van der Waals surface area contributed by atoms with E-state index in [1.165, 1.54) is 23.4 Å². The summed E-state index contributed by atoms with van der Waals surface area (Å²) in [5.41, 5.74) is 2.05. The minimum Gasteiger partial charge on any atom is -0.305 e. The van der Waals surface area contributed by atoms with Crippen LogP contribution in [-0.4, -0.2) is 14.8 Å². The van der Waals surface area contributed by atoms with Gasteiger partial charge < -0.3 is 4.57 Å². The Balaban J connectivity index is 1.80. The first-order valence-corrected chi connectivity index (χ1v) is 8.58. The highest BCUT2D eigenvalue weighted by Crippen LogP contribution is 2.32. The van der Waals surface area contributed by atoms with Crippen molar-refractivity contribution in [3.63, 3.8) is 0 Å². The zero-order valence-electron chi connectivity index (χ0n) is 13.7. The molecule has 0 unspecified atom stereocenters. The maximum Gasteiger partial charge on any atom is 0.416 e. The van der Waals surface area contributed by atoms with Crippen LogP contribution < -0.4 is 0 Å². The van der Waals surface area contributed by atoms with Crippen molar-refractivity contribution in [2.75, 3.05) is 0 Å². The standard InChI is InChI=1S/C18H16F3N3S/c1-12-6-8-13(9-7-12)11-25-17-23-22-16(24(17)2)14-4-3-5-15(10-14)18(19,20)21/h3-10H,11H2,1-2H3. The van der Waals surface area contributed by atoms with Crippen LogP contribution in [0.2, 0.25) is 0 Å². The maximum atomic E-state index is 12.9. The highest BCUT2D eigenvalue weighted by Gasteiger charge is 2.30. The molecule has 3 rings (SSSR count). The Morgan fingerprint density at radius 3 is 2.44 bits per heavy atom. The molecule has 0 aliphatic carbocycles. The first-order valence-electron chi connectivity index (χ1n) is 7.60. The second kappa shape index (κ2) is 6.92. The topological polar surface area (TPSA) is 30.7 Å². The third-order valence-electron chi connectivity index (χ3n) is 3.77. The molecule has 0 aliphatic heterocycles. The summed E-state index contributed by atoms with van der Waals surface area (Å²) >= 11 is 1.50. The van der Waals surface area contributed by atoms with Gasteiger partial charge in [-0.15, -0.1) is 10.2 Å². The Kier molecular flexibility index (Phi) is 4.85. The molecule has 130 valence electrons. The molecule has 0 radical (unpaired) electrons. The second-order valence-electron chi connectivity index (χ2n) is 5.72. The van der Waals surface area contributed by atoms with Crippen molar-refractivity contribution < 1.29 is 13.2 Å². The molecule has 0 saturated carbocycles. The van der Waals surface area contributed by atoms with Crippen LogP contribution in [-0.2, 0) is 19.0 Å². The van der Waals surface area contributed by atoms with E-state index in [4.69, 9.17) is 0 Å². The van der Waals surface area contributed by atoms with Gasteiger partial charge in [-0.25, -0.2) is 0 Å². The number of alkyl halides is 3. The summed E-state index contributed by atoms with van der Waals surface area (Å²) in [6.07, 6.45) is -4.38. The Bertz CT molecular complexity index is 870. The van der Waals surface area contributed by atoms with Crippen molar-refractivity contribution in [2.24, 2.45) is 7.05 Å². The fourth-order valence-electron chi connectivity index (χ4n) is 2.36. The van der Waals surface area contributed by atoms with Gasteiger partial charge in [0.05, 0.1) is 5.56 Å². The zero-order chi connectivity index (χ0) is 18.0. The van der Waals surface area contributed by atoms with Gasteiger partial charge in [0.15, 0.2) is 11.0 Å². The van der Waals surface area contributed by atoms with E-state index in [9.17, 15) is 13.2 Å². The van der Waals surface area contributed by atoms with Crippen molar-refractivity contribution in [2.45, 2.75) is 24.0 Å². The smallest absolute Gasteiger partial charge is 0.305 e. The summed E-state index contributed by atoms with van der Waals surface area (Å²) < 4.78 is 40.4. The summed E-state index contributed by atoms with van der Waals surface area (Å²) in [6, 6.07) is 13.3. The zero-order valence-corrected chi connectivity index (χ0v) is 14.5. The third-order valence-corrected chi connectivity index (χ3v) is 4.86. The maximum absolute atomic E-state index is 12.9. The number of aryl methyl sites for hydroxylation is 1. The average Bonchev–Trinajstić information content (AvgIpc) is 2.94. The predicted octanol–water partition coefficient (Wildman–Crippen LogP) is 5.10. The van der Waals surface area contributed by atoms with Crippen LogP contribution in [0.25, 0.3) is 11.4 Å². The average molecular weight is 363 g/mol. The molecule has 0 saturated heterocycles. The lowest BCUT2D eigenvalue weighted by Gasteiger charge is -2.08. The first-order chi connectivity index (χ1) is 11.8. The Labute approximate surface area is 147 Å². The highest BCUT2D eigenvalue weighted by atomic mass is 32.2. The number of nitrogens with zero attached hydrogens (tertiary/aromatic N) is 3. The van der Waals surface area contributed by atoms with E-state index < -0.39 is 11.7 Å². The van der Waals surface area contributed by atoms with Crippen molar-refractivity contribution in [1.29, 1.82) is 0 Å². The minimum atomic E-state index is -4.38. The van der Waals surface area contributed by atoms with Crippen LogP contribution in [0.3, 0.4) is 0 Å². The van der Waals surface area contributed by atoms with Gasteiger partial charge in [0.1, 0.15) is 0 Å². The molecule has 0 N–H and O–H groups in total. The fraction of sp³-hybridized carbons (Fsp3) is 0.222. The summed E-state index contributed by atoms with van der Waals surface area (Å²) in [6.45, 7) is 2.03. The summed E-state index contributed by atoms with van der Waals surface area (Å²) in [7, 11) is 1.76. The normalized spacial score (nSPS) is 11.7. The van der Waals surface area contributed by atoms with Crippen LogP contribution in [0, 0.1) is 6.92 Å². The molecule has 0 fully saturated rings. The van der Waals surface area contributed by atoms with Gasteiger partial charge in [0.25, 0.3) is 0 Å². The van der Waals surface area contributed by atoms with Crippen LogP contribution in [0.5, 0.6) is 0 Å². The number of thioether (sulfide) groups is 1. The number of aromatic nitrogens is 3. The first kappa shape index (κ1) is 17.5. The number of hydrogen-bond donors (Lipinski definition) is 0. The quantitative estimate of drug-likeness (QED) is 0.604. The number of hydrogen-bond acceptors (Lipinski definition) is 3. The van der Waals surface area contributed by atoms with E-state index in [1.54, 1.807) is 17.7 Å². The largest absolute Gasteiger partial charge is 0.416 e. The van der Waals surface area contributed by atoms with E-state index >= 15 is 0 Å². The molecule has 0 aliphatic rings. The predicted molar refractivity (Wildman–Crippen MR) is 92.2 cm³/mol. The summed E-state index contributed by atoms with van der Waals surface area (Å²) in [5.74, 6) is 1.13. The monoisotopic (exact) mass is 363 g/mol. The van der Waals surface area contributed by atoms with Gasteiger partial charge >= 0.3 is 6.18 Å². The molecule has 3 aromatic rings. The van der Waals surface area contributed by atoms with Gasteiger partial charge in [0.2, 0.25) is 0 Å². The number of benzene rings is 2. The minimum absolute atomic E-state index is 0.395. The Morgan fingerprint density at radius 2 is 1.76 bits per heavy atom. The second-order valence-corrected chi connectivity index (χ2v) is 6.66. The molecule has 7 heteroatoms. The third kappa shape index (κ3) is 4.04. The molecule has 2 aromatic carbocycles. The number of halogens is 3. The van der Waals surface area contributed by atoms with Crippen molar-refractivity contribution in [3.8, 4) is 11.4 Å². The summed E-state index contributed by atoms with van der Waals surface area (Å²) in [4.78, 5) is 0. The Hall–Kier alpha value is -2.28. The molecule has 0 amide bonds.